The maximum Gasteiger partial charge on any atom is 0.119 e. The zero-order valence-corrected chi connectivity index (χ0v) is 16.1. The lowest BCUT2D eigenvalue weighted by Gasteiger charge is -2.27. The molecule has 136 valence electrons. The first-order valence-electron chi connectivity index (χ1n) is 10.1. The van der Waals surface area contributed by atoms with Crippen LogP contribution in [0.1, 0.15) is 62.6 Å². The Bertz CT molecular complexity index is 722. The van der Waals surface area contributed by atoms with Crippen LogP contribution >= 0.6 is 0 Å². The quantitative estimate of drug-likeness (QED) is 0.582. The molecule has 1 aliphatic rings. The molecule has 2 aromatic carbocycles. The lowest BCUT2D eigenvalue weighted by atomic mass is 9.81. The number of benzene rings is 2. The lowest BCUT2D eigenvalue weighted by Crippen LogP contribution is -2.19. The monoisotopic (exact) mass is 346 g/mol. The highest BCUT2D eigenvalue weighted by Crippen LogP contribution is 2.31. The third-order valence-electron chi connectivity index (χ3n) is 5.60. The molecular formula is C25H30O. The summed E-state index contributed by atoms with van der Waals surface area (Å²) in [6.45, 7) is 5.33. The van der Waals surface area contributed by atoms with Crippen molar-refractivity contribution in [2.75, 3.05) is 6.61 Å². The van der Waals surface area contributed by atoms with E-state index >= 15 is 0 Å². The van der Waals surface area contributed by atoms with Gasteiger partial charge in [0.25, 0.3) is 0 Å². The molecule has 0 saturated heterocycles. The summed E-state index contributed by atoms with van der Waals surface area (Å²) in [5, 5.41) is 0. The molecular weight excluding hydrogens is 316 g/mol. The number of hydrogen-bond acceptors (Lipinski definition) is 1. The van der Waals surface area contributed by atoms with Crippen LogP contribution in [0.15, 0.2) is 48.5 Å². The second kappa shape index (κ2) is 9.48. The first kappa shape index (κ1) is 18.6. The SMILES string of the molecule is CCc1ccc(C#Cc2ccc(OC[C@H]3CC[C@H](CC)CC3)cc2)cc1. The molecule has 0 radical (unpaired) electrons. The summed E-state index contributed by atoms with van der Waals surface area (Å²) >= 11 is 0. The molecule has 2 aromatic rings. The molecule has 0 unspecified atom stereocenters. The molecule has 0 amide bonds. The maximum absolute atomic E-state index is 6.01. The lowest BCUT2D eigenvalue weighted by molar-refractivity contribution is 0.181. The van der Waals surface area contributed by atoms with Crippen molar-refractivity contribution < 1.29 is 4.74 Å². The Morgan fingerprint density at radius 3 is 1.85 bits per heavy atom. The van der Waals surface area contributed by atoms with Crippen molar-refractivity contribution in [1.29, 1.82) is 0 Å². The van der Waals surface area contributed by atoms with E-state index in [2.05, 4.69) is 62.1 Å². The Morgan fingerprint density at radius 2 is 1.31 bits per heavy atom. The molecule has 1 fully saturated rings. The van der Waals surface area contributed by atoms with Crippen molar-refractivity contribution >= 4 is 0 Å². The molecule has 0 aliphatic heterocycles. The van der Waals surface area contributed by atoms with Gasteiger partial charge in [-0.15, -0.1) is 0 Å². The minimum Gasteiger partial charge on any atom is -0.493 e. The van der Waals surface area contributed by atoms with Gasteiger partial charge in [0.2, 0.25) is 0 Å². The van der Waals surface area contributed by atoms with Crippen LogP contribution in [-0.4, -0.2) is 6.61 Å². The molecule has 26 heavy (non-hydrogen) atoms. The summed E-state index contributed by atoms with van der Waals surface area (Å²) in [5.74, 6) is 9.10. The van der Waals surface area contributed by atoms with Gasteiger partial charge in [0.15, 0.2) is 0 Å². The predicted molar refractivity (Wildman–Crippen MR) is 109 cm³/mol. The van der Waals surface area contributed by atoms with Gasteiger partial charge < -0.3 is 4.74 Å². The van der Waals surface area contributed by atoms with Crippen molar-refractivity contribution in [3.8, 4) is 17.6 Å². The van der Waals surface area contributed by atoms with E-state index in [1.54, 1.807) is 0 Å². The highest BCUT2D eigenvalue weighted by molar-refractivity contribution is 5.44. The summed E-state index contributed by atoms with van der Waals surface area (Å²) in [7, 11) is 0. The molecule has 1 heteroatoms. The average molecular weight is 347 g/mol. The minimum atomic E-state index is 0.725. The van der Waals surface area contributed by atoms with Crippen LogP contribution < -0.4 is 4.74 Å². The zero-order chi connectivity index (χ0) is 18.2. The van der Waals surface area contributed by atoms with Gasteiger partial charge in [-0.05, 0) is 73.1 Å². The van der Waals surface area contributed by atoms with E-state index in [4.69, 9.17) is 4.74 Å². The van der Waals surface area contributed by atoms with Gasteiger partial charge in [0.05, 0.1) is 6.61 Å². The fourth-order valence-corrected chi connectivity index (χ4v) is 3.62. The molecule has 0 bridgehead atoms. The molecule has 3 rings (SSSR count). The van der Waals surface area contributed by atoms with Crippen LogP contribution in [0.2, 0.25) is 0 Å². The average Bonchev–Trinajstić information content (AvgIpc) is 2.72. The summed E-state index contributed by atoms with van der Waals surface area (Å²) in [6, 6.07) is 16.7. The minimum absolute atomic E-state index is 0.725. The smallest absolute Gasteiger partial charge is 0.119 e. The van der Waals surface area contributed by atoms with Crippen molar-refractivity contribution in [2.24, 2.45) is 11.8 Å². The fourth-order valence-electron chi connectivity index (χ4n) is 3.62. The third-order valence-corrected chi connectivity index (χ3v) is 5.60. The van der Waals surface area contributed by atoms with Crippen molar-refractivity contribution in [3.63, 3.8) is 0 Å². The summed E-state index contributed by atoms with van der Waals surface area (Å²) in [5.41, 5.74) is 3.44. The Hall–Kier alpha value is -2.20. The van der Waals surface area contributed by atoms with E-state index in [0.717, 1.165) is 41.7 Å². The number of aryl methyl sites for hydroxylation is 1. The Balaban J connectivity index is 1.50. The van der Waals surface area contributed by atoms with Gasteiger partial charge in [-0.25, -0.2) is 0 Å². The second-order valence-corrected chi connectivity index (χ2v) is 7.43. The van der Waals surface area contributed by atoms with Crippen molar-refractivity contribution in [2.45, 2.75) is 52.4 Å². The molecule has 0 spiro atoms. The molecule has 0 N–H and O–H groups in total. The van der Waals surface area contributed by atoms with Crippen LogP contribution in [0, 0.1) is 23.7 Å². The number of hydrogen-bond donors (Lipinski definition) is 0. The van der Waals surface area contributed by atoms with E-state index in [9.17, 15) is 0 Å². The summed E-state index contributed by atoms with van der Waals surface area (Å²) in [4.78, 5) is 0. The summed E-state index contributed by atoms with van der Waals surface area (Å²) < 4.78 is 6.01. The topological polar surface area (TPSA) is 9.23 Å². The predicted octanol–water partition coefficient (Wildman–Crippen LogP) is 6.24. The van der Waals surface area contributed by atoms with Crippen LogP contribution in [0.5, 0.6) is 5.75 Å². The highest BCUT2D eigenvalue weighted by atomic mass is 16.5. The molecule has 1 nitrogen and oxygen atoms in total. The van der Waals surface area contributed by atoms with Gasteiger partial charge in [0.1, 0.15) is 5.75 Å². The van der Waals surface area contributed by atoms with Crippen LogP contribution in [-0.2, 0) is 6.42 Å². The molecule has 1 saturated carbocycles. The Morgan fingerprint density at radius 1 is 0.769 bits per heavy atom. The van der Waals surface area contributed by atoms with Crippen LogP contribution in [0.3, 0.4) is 0 Å². The van der Waals surface area contributed by atoms with Gasteiger partial charge in [-0.3, -0.25) is 0 Å². The van der Waals surface area contributed by atoms with E-state index < -0.39 is 0 Å². The highest BCUT2D eigenvalue weighted by Gasteiger charge is 2.20. The maximum atomic E-state index is 6.01. The van der Waals surface area contributed by atoms with Gasteiger partial charge in [0, 0.05) is 11.1 Å². The second-order valence-electron chi connectivity index (χ2n) is 7.43. The van der Waals surface area contributed by atoms with Gasteiger partial charge in [-0.1, -0.05) is 57.1 Å². The zero-order valence-electron chi connectivity index (χ0n) is 16.1. The van der Waals surface area contributed by atoms with Gasteiger partial charge in [-0.2, -0.15) is 0 Å². The van der Waals surface area contributed by atoms with Crippen LogP contribution in [0.4, 0.5) is 0 Å². The van der Waals surface area contributed by atoms with Gasteiger partial charge >= 0.3 is 0 Å². The molecule has 1 aliphatic carbocycles. The molecule has 0 aromatic heterocycles. The van der Waals surface area contributed by atoms with Crippen molar-refractivity contribution in [1.82, 2.24) is 0 Å². The molecule has 0 atom stereocenters. The fraction of sp³-hybridized carbons (Fsp3) is 0.440. The number of ether oxygens (including phenoxy) is 1. The third kappa shape index (κ3) is 5.40. The first-order valence-corrected chi connectivity index (χ1v) is 10.1. The first-order chi connectivity index (χ1) is 12.8. The number of rotatable bonds is 5. The normalized spacial score (nSPS) is 19.5. The largest absolute Gasteiger partial charge is 0.493 e. The molecule has 0 heterocycles. The Labute approximate surface area is 158 Å². The van der Waals surface area contributed by atoms with E-state index in [-0.39, 0.29) is 0 Å². The van der Waals surface area contributed by atoms with E-state index in [1.807, 2.05) is 12.1 Å². The van der Waals surface area contributed by atoms with Crippen LogP contribution in [0.25, 0.3) is 0 Å². The standard InChI is InChI=1S/C25H30O/c1-3-20-5-9-22(10-6-20)11-12-23-15-17-25(18-16-23)26-19-24-13-7-21(4-2)8-14-24/h5-6,9-10,15-18,21,24H,3-4,7-8,13-14,19H2,1-2H3/t21-,24-. The summed E-state index contributed by atoms with van der Waals surface area (Å²) in [6.07, 6.45) is 7.78. The van der Waals surface area contributed by atoms with Crippen molar-refractivity contribution in [3.05, 3.63) is 65.2 Å². The Kier molecular flexibility index (Phi) is 6.78. The van der Waals surface area contributed by atoms with E-state index in [1.165, 1.54) is 37.7 Å². The van der Waals surface area contributed by atoms with E-state index in [0.29, 0.717) is 0 Å².